The molecule has 1 aromatic carbocycles. The molecule has 0 aliphatic heterocycles. The monoisotopic (exact) mass is 290 g/mol. The normalized spacial score (nSPS) is 10.2. The molecule has 0 unspecified atom stereocenters. The average Bonchev–Trinajstić information content (AvgIpc) is 2.70. The average molecular weight is 291 g/mol. The number of diazo groups is 1. The van der Waals surface area contributed by atoms with Crippen LogP contribution in [0.5, 0.6) is 0 Å². The highest BCUT2D eigenvalue weighted by molar-refractivity contribution is 6.34. The van der Waals surface area contributed by atoms with Crippen LogP contribution in [0.4, 0.5) is 11.5 Å². The van der Waals surface area contributed by atoms with E-state index in [0.717, 1.165) is 0 Å². The topological polar surface area (TPSA) is 66.3 Å². The van der Waals surface area contributed by atoms with Gasteiger partial charge in [-0.3, -0.25) is 14.4 Å². The number of aryl methyl sites for hydroxylation is 2. The van der Waals surface area contributed by atoms with E-state index in [-0.39, 0.29) is 17.2 Å². The van der Waals surface area contributed by atoms with Crippen molar-refractivity contribution < 1.29 is 4.79 Å². The van der Waals surface area contributed by atoms with Gasteiger partial charge < -0.3 is 0 Å². The number of benzene rings is 1. The van der Waals surface area contributed by atoms with Gasteiger partial charge in [0.15, 0.2) is 10.8 Å². The Labute approximate surface area is 121 Å². The first kappa shape index (κ1) is 14.0. The van der Waals surface area contributed by atoms with Crippen molar-refractivity contribution in [3.63, 3.8) is 0 Å². The fourth-order valence-electron chi connectivity index (χ4n) is 2.00. The molecule has 1 aromatic heterocycles. The Bertz CT molecular complexity index is 716. The van der Waals surface area contributed by atoms with Crippen molar-refractivity contribution in [1.82, 2.24) is 9.78 Å². The van der Waals surface area contributed by atoms with Crippen LogP contribution in [0.25, 0.3) is 4.98 Å². The predicted octanol–water partition coefficient (Wildman–Crippen LogP) is 3.14. The fraction of sp³-hybridized carbons (Fsp3) is 0.231. The van der Waals surface area contributed by atoms with E-state index >= 15 is 0 Å². The Morgan fingerprint density at radius 1 is 1.45 bits per heavy atom. The molecule has 1 heterocycles. The molecule has 0 atom stereocenters. The van der Waals surface area contributed by atoms with Crippen LogP contribution in [0.1, 0.15) is 16.1 Å². The van der Waals surface area contributed by atoms with Crippen molar-refractivity contribution in [1.29, 1.82) is 5.39 Å². The molecule has 2 aromatic rings. The van der Waals surface area contributed by atoms with E-state index in [2.05, 4.69) is 10.1 Å². The van der Waals surface area contributed by atoms with Gasteiger partial charge in [0.05, 0.1) is 5.69 Å². The zero-order valence-electron chi connectivity index (χ0n) is 11.3. The highest BCUT2D eigenvalue weighted by Gasteiger charge is 2.27. The van der Waals surface area contributed by atoms with E-state index in [0.29, 0.717) is 16.5 Å². The first-order valence-corrected chi connectivity index (χ1v) is 6.26. The Morgan fingerprint density at radius 2 is 2.10 bits per heavy atom. The van der Waals surface area contributed by atoms with Crippen LogP contribution in [-0.4, -0.2) is 22.7 Å². The molecule has 6 nitrogen and oxygen atoms in total. The number of rotatable bonds is 2. The Kier molecular flexibility index (Phi) is 3.72. The fourth-order valence-corrected chi connectivity index (χ4v) is 2.29. The third-order valence-corrected chi connectivity index (χ3v) is 3.43. The molecule has 0 bridgehead atoms. The molecule has 0 saturated heterocycles. The maximum absolute atomic E-state index is 12.5. The molecule has 0 radical (unpaired) electrons. The lowest BCUT2D eigenvalue weighted by atomic mass is 10.1. The largest absolute Gasteiger partial charge is 0.397 e. The smallest absolute Gasteiger partial charge is 0.295 e. The lowest BCUT2D eigenvalue weighted by Crippen LogP contribution is -2.28. The van der Waals surface area contributed by atoms with Crippen LogP contribution in [0.3, 0.4) is 0 Å². The van der Waals surface area contributed by atoms with Gasteiger partial charge in [-0.1, -0.05) is 23.7 Å². The van der Waals surface area contributed by atoms with Gasteiger partial charge in [0.25, 0.3) is 5.91 Å². The molecular weight excluding hydrogens is 278 g/mol. The number of hydrogen-bond acceptors (Lipinski definition) is 3. The Hall–Kier alpha value is -2.39. The van der Waals surface area contributed by atoms with E-state index in [1.165, 1.54) is 9.58 Å². The van der Waals surface area contributed by atoms with Crippen molar-refractivity contribution in [3.05, 3.63) is 45.5 Å². The van der Waals surface area contributed by atoms with Gasteiger partial charge in [0.2, 0.25) is 5.39 Å². The summed E-state index contributed by atoms with van der Waals surface area (Å²) >= 11 is 6.16. The van der Waals surface area contributed by atoms with Crippen LogP contribution in [0, 0.1) is 12.3 Å². The van der Waals surface area contributed by atoms with Crippen LogP contribution < -0.4 is 4.90 Å². The summed E-state index contributed by atoms with van der Waals surface area (Å²) in [6, 6.07) is 6.53. The molecule has 0 aliphatic carbocycles. The van der Waals surface area contributed by atoms with Crippen molar-refractivity contribution in [2.45, 2.75) is 6.92 Å². The summed E-state index contributed by atoms with van der Waals surface area (Å²) in [5, 5.41) is 13.5. The molecule has 7 heteroatoms. The minimum atomic E-state index is -0.330. The van der Waals surface area contributed by atoms with Crippen LogP contribution >= 0.6 is 11.6 Å². The SMILES string of the molecule is Cc1nn(C)c(N(C)C(=O)c2ccccc2[N+]#N)c1Cl. The summed E-state index contributed by atoms with van der Waals surface area (Å²) in [6.45, 7) is 1.77. The first-order valence-electron chi connectivity index (χ1n) is 5.88. The zero-order chi connectivity index (χ0) is 14.9. The number of amides is 1. The van der Waals surface area contributed by atoms with Crippen LogP contribution in [-0.2, 0) is 7.05 Å². The van der Waals surface area contributed by atoms with Gasteiger partial charge in [-0.05, 0) is 13.0 Å². The number of carbonyl (C=O) groups excluding carboxylic acids is 1. The molecule has 0 aliphatic rings. The maximum Gasteiger partial charge on any atom is 0.397 e. The van der Waals surface area contributed by atoms with Crippen LogP contribution in [0.15, 0.2) is 24.3 Å². The molecular formula is C13H13ClN5O+. The van der Waals surface area contributed by atoms with E-state index in [9.17, 15) is 4.79 Å². The van der Waals surface area contributed by atoms with Gasteiger partial charge in [-0.2, -0.15) is 5.10 Å². The summed E-state index contributed by atoms with van der Waals surface area (Å²) in [6.07, 6.45) is 0. The highest BCUT2D eigenvalue weighted by Crippen LogP contribution is 2.29. The number of aromatic nitrogens is 2. The second-order valence-electron chi connectivity index (χ2n) is 4.33. The third-order valence-electron chi connectivity index (χ3n) is 2.99. The standard InChI is InChI=1S/C13H13ClN5O/c1-8-11(14)12(19(3)17-8)18(2)13(20)9-6-4-5-7-10(9)16-15/h4-7H,1-3H3/q+1. The molecule has 0 fully saturated rings. The summed E-state index contributed by atoms with van der Waals surface area (Å²) in [4.78, 5) is 17.0. The predicted molar refractivity (Wildman–Crippen MR) is 76.9 cm³/mol. The van der Waals surface area contributed by atoms with E-state index in [1.54, 1.807) is 45.3 Å². The van der Waals surface area contributed by atoms with Gasteiger partial charge >= 0.3 is 5.69 Å². The maximum atomic E-state index is 12.5. The lowest BCUT2D eigenvalue weighted by Gasteiger charge is -2.16. The van der Waals surface area contributed by atoms with E-state index < -0.39 is 0 Å². The zero-order valence-corrected chi connectivity index (χ0v) is 12.1. The van der Waals surface area contributed by atoms with Crippen molar-refractivity contribution in [3.8, 4) is 0 Å². The Balaban J connectivity index is 2.46. The van der Waals surface area contributed by atoms with Gasteiger partial charge in [0, 0.05) is 20.2 Å². The van der Waals surface area contributed by atoms with Crippen molar-refractivity contribution in [2.75, 3.05) is 11.9 Å². The molecule has 0 saturated carbocycles. The van der Waals surface area contributed by atoms with Crippen LogP contribution in [0.2, 0.25) is 5.02 Å². The van der Waals surface area contributed by atoms with Crippen molar-refractivity contribution in [2.24, 2.45) is 7.05 Å². The summed E-state index contributed by atoms with van der Waals surface area (Å²) < 4.78 is 1.54. The highest BCUT2D eigenvalue weighted by atomic mass is 35.5. The number of halogens is 1. The third kappa shape index (κ3) is 2.24. The van der Waals surface area contributed by atoms with E-state index in [1.807, 2.05) is 0 Å². The first-order chi connectivity index (χ1) is 9.47. The van der Waals surface area contributed by atoms with Gasteiger partial charge in [0.1, 0.15) is 10.6 Å². The minimum Gasteiger partial charge on any atom is -0.295 e. The second-order valence-corrected chi connectivity index (χ2v) is 4.71. The molecule has 0 spiro atoms. The van der Waals surface area contributed by atoms with Crippen molar-refractivity contribution >= 4 is 29.0 Å². The molecule has 1 amide bonds. The molecule has 20 heavy (non-hydrogen) atoms. The molecule has 2 rings (SSSR count). The van der Waals surface area contributed by atoms with E-state index in [4.69, 9.17) is 17.0 Å². The molecule has 0 N–H and O–H groups in total. The summed E-state index contributed by atoms with van der Waals surface area (Å²) in [7, 11) is 3.30. The minimum absolute atomic E-state index is 0.208. The lowest BCUT2D eigenvalue weighted by molar-refractivity contribution is 0.0992. The Morgan fingerprint density at radius 3 is 2.65 bits per heavy atom. The summed E-state index contributed by atoms with van der Waals surface area (Å²) in [5.74, 6) is 0.158. The number of nitrogens with zero attached hydrogens (tertiary/aromatic N) is 5. The number of anilines is 1. The van der Waals surface area contributed by atoms with Gasteiger partial charge in [-0.25, -0.2) is 0 Å². The second kappa shape index (κ2) is 5.31. The molecule has 102 valence electrons. The van der Waals surface area contributed by atoms with Gasteiger partial charge in [-0.15, -0.1) is 0 Å². The quantitative estimate of drug-likeness (QED) is 0.798. The number of hydrogen-bond donors (Lipinski definition) is 0. The number of carbonyl (C=O) groups is 1. The summed E-state index contributed by atoms with van der Waals surface area (Å²) in [5.41, 5.74) is 1.13.